The van der Waals surface area contributed by atoms with Crippen LogP contribution in [0.15, 0.2) is 52.5 Å². The Bertz CT molecular complexity index is 1050. The Morgan fingerprint density at radius 1 is 1.30 bits per heavy atom. The summed E-state index contributed by atoms with van der Waals surface area (Å²) >= 11 is 7.60. The summed E-state index contributed by atoms with van der Waals surface area (Å²) in [6.07, 6.45) is 2.09. The molecule has 1 aromatic heterocycles. The highest BCUT2D eigenvalue weighted by Gasteiger charge is 2.23. The van der Waals surface area contributed by atoms with Crippen LogP contribution in [0.25, 0.3) is 11.4 Å². The second-order valence-corrected chi connectivity index (χ2v) is 8.17. The second kappa shape index (κ2) is 9.03. The first kappa shape index (κ1) is 20.6. The van der Waals surface area contributed by atoms with Gasteiger partial charge in [0, 0.05) is 29.2 Å². The predicted molar refractivity (Wildman–Crippen MR) is 113 cm³/mol. The fourth-order valence-electron chi connectivity index (χ4n) is 3.26. The summed E-state index contributed by atoms with van der Waals surface area (Å²) in [5.74, 6) is 1.48. The van der Waals surface area contributed by atoms with Crippen LogP contribution in [0.1, 0.15) is 12.8 Å². The van der Waals surface area contributed by atoms with Crippen molar-refractivity contribution in [2.75, 3.05) is 13.7 Å². The molecule has 0 spiro atoms. The fraction of sp³-hybridized carbons (Fsp3) is 0.300. The van der Waals surface area contributed by atoms with Gasteiger partial charge < -0.3 is 9.47 Å². The van der Waals surface area contributed by atoms with Gasteiger partial charge in [0.15, 0.2) is 11.0 Å². The summed E-state index contributed by atoms with van der Waals surface area (Å²) in [4.78, 5) is 11.2. The van der Waals surface area contributed by atoms with Gasteiger partial charge in [0.1, 0.15) is 5.75 Å². The lowest BCUT2D eigenvalue weighted by Gasteiger charge is -2.15. The van der Waals surface area contributed by atoms with Crippen molar-refractivity contribution in [2.24, 2.45) is 0 Å². The third kappa shape index (κ3) is 4.43. The van der Waals surface area contributed by atoms with Crippen LogP contribution in [0.2, 0.25) is 5.02 Å². The summed E-state index contributed by atoms with van der Waals surface area (Å²) in [5.41, 5.74) is 0.854. The SMILES string of the molecule is COc1ccc(-c2nnc(Sc3ccc([N+](=O)[O-])cc3Cl)n2CC2CCCO2)cc1. The van der Waals surface area contributed by atoms with Gasteiger partial charge in [-0.2, -0.15) is 0 Å². The molecule has 3 aromatic rings. The van der Waals surface area contributed by atoms with E-state index in [4.69, 9.17) is 21.1 Å². The molecule has 8 nitrogen and oxygen atoms in total. The highest BCUT2D eigenvalue weighted by Crippen LogP contribution is 2.36. The first-order valence-corrected chi connectivity index (χ1v) is 10.6. The highest BCUT2D eigenvalue weighted by atomic mass is 35.5. The number of nitrogens with zero attached hydrogens (tertiary/aromatic N) is 4. The minimum atomic E-state index is -0.470. The molecule has 0 saturated carbocycles. The van der Waals surface area contributed by atoms with Gasteiger partial charge in [0.05, 0.1) is 29.7 Å². The molecule has 1 saturated heterocycles. The van der Waals surface area contributed by atoms with E-state index in [9.17, 15) is 10.1 Å². The smallest absolute Gasteiger partial charge is 0.270 e. The van der Waals surface area contributed by atoms with Crippen LogP contribution in [0.5, 0.6) is 5.75 Å². The zero-order valence-corrected chi connectivity index (χ0v) is 17.7. The number of aromatic nitrogens is 3. The summed E-state index contributed by atoms with van der Waals surface area (Å²) in [6, 6.07) is 12.0. The molecule has 2 aromatic carbocycles. The minimum absolute atomic E-state index is 0.0518. The van der Waals surface area contributed by atoms with Gasteiger partial charge in [-0.15, -0.1) is 10.2 Å². The molecular formula is C20H19ClN4O4S. The van der Waals surface area contributed by atoms with Crippen molar-refractivity contribution in [1.29, 1.82) is 0 Å². The number of hydrogen-bond donors (Lipinski definition) is 0. The number of benzene rings is 2. The molecule has 1 fully saturated rings. The Hall–Kier alpha value is -2.62. The molecule has 10 heteroatoms. The lowest BCUT2D eigenvalue weighted by Crippen LogP contribution is -2.16. The maximum absolute atomic E-state index is 11.0. The summed E-state index contributed by atoms with van der Waals surface area (Å²) in [7, 11) is 1.62. The number of nitro benzene ring substituents is 1. The van der Waals surface area contributed by atoms with Crippen LogP contribution in [0.3, 0.4) is 0 Å². The Morgan fingerprint density at radius 3 is 2.73 bits per heavy atom. The number of halogens is 1. The van der Waals surface area contributed by atoms with E-state index in [-0.39, 0.29) is 11.8 Å². The van der Waals surface area contributed by atoms with Crippen LogP contribution >= 0.6 is 23.4 Å². The maximum Gasteiger partial charge on any atom is 0.270 e. The molecule has 156 valence electrons. The molecule has 0 aliphatic carbocycles. The second-order valence-electron chi connectivity index (χ2n) is 6.75. The van der Waals surface area contributed by atoms with Crippen molar-refractivity contribution in [3.8, 4) is 17.1 Å². The third-order valence-electron chi connectivity index (χ3n) is 4.80. The van der Waals surface area contributed by atoms with Crippen LogP contribution in [0, 0.1) is 10.1 Å². The zero-order chi connectivity index (χ0) is 21.1. The monoisotopic (exact) mass is 446 g/mol. The number of non-ortho nitro benzene ring substituents is 1. The average Bonchev–Trinajstić information content (AvgIpc) is 3.40. The van der Waals surface area contributed by atoms with E-state index in [2.05, 4.69) is 10.2 Å². The lowest BCUT2D eigenvalue weighted by molar-refractivity contribution is -0.384. The van der Waals surface area contributed by atoms with Crippen LogP contribution in [-0.4, -0.2) is 39.5 Å². The number of nitro groups is 1. The van der Waals surface area contributed by atoms with Gasteiger partial charge in [0.25, 0.3) is 5.69 Å². The molecule has 1 atom stereocenters. The molecule has 0 radical (unpaired) electrons. The molecule has 1 aliphatic rings. The van der Waals surface area contributed by atoms with Crippen molar-refractivity contribution in [3.63, 3.8) is 0 Å². The first-order valence-electron chi connectivity index (χ1n) is 9.36. The number of methoxy groups -OCH3 is 1. The fourth-order valence-corrected chi connectivity index (χ4v) is 4.39. The van der Waals surface area contributed by atoms with Gasteiger partial charge in [-0.3, -0.25) is 14.7 Å². The molecule has 4 rings (SSSR count). The molecule has 0 N–H and O–H groups in total. The quantitative estimate of drug-likeness (QED) is 0.378. The highest BCUT2D eigenvalue weighted by molar-refractivity contribution is 7.99. The summed E-state index contributed by atoms with van der Waals surface area (Å²) in [5, 5.41) is 20.7. The largest absolute Gasteiger partial charge is 0.497 e. The van der Waals surface area contributed by atoms with Crippen molar-refractivity contribution >= 4 is 29.1 Å². The van der Waals surface area contributed by atoms with Crippen LogP contribution in [0.4, 0.5) is 5.69 Å². The van der Waals surface area contributed by atoms with Crippen LogP contribution in [-0.2, 0) is 11.3 Å². The van der Waals surface area contributed by atoms with Gasteiger partial charge in [-0.05, 0) is 54.9 Å². The maximum atomic E-state index is 11.0. The van der Waals surface area contributed by atoms with E-state index in [1.54, 1.807) is 13.2 Å². The van der Waals surface area contributed by atoms with Gasteiger partial charge >= 0.3 is 0 Å². The van der Waals surface area contributed by atoms with Crippen molar-refractivity contribution in [1.82, 2.24) is 14.8 Å². The Kier molecular flexibility index (Phi) is 6.21. The minimum Gasteiger partial charge on any atom is -0.497 e. The average molecular weight is 447 g/mol. The van der Waals surface area contributed by atoms with Crippen molar-refractivity contribution in [2.45, 2.75) is 35.5 Å². The molecular weight excluding hydrogens is 428 g/mol. The van der Waals surface area contributed by atoms with Gasteiger partial charge in [-0.1, -0.05) is 11.6 Å². The normalized spacial score (nSPS) is 16.0. The van der Waals surface area contributed by atoms with Gasteiger partial charge in [-0.25, -0.2) is 0 Å². The van der Waals surface area contributed by atoms with E-state index >= 15 is 0 Å². The Labute approximate surface area is 182 Å². The number of hydrogen-bond acceptors (Lipinski definition) is 7. The van der Waals surface area contributed by atoms with Gasteiger partial charge in [0.2, 0.25) is 0 Å². The summed E-state index contributed by atoms with van der Waals surface area (Å²) < 4.78 is 13.1. The molecule has 1 unspecified atom stereocenters. The van der Waals surface area contributed by atoms with E-state index in [0.29, 0.717) is 27.4 Å². The van der Waals surface area contributed by atoms with Crippen LogP contribution < -0.4 is 4.74 Å². The van der Waals surface area contributed by atoms with E-state index in [1.807, 2.05) is 28.8 Å². The number of rotatable bonds is 7. The standard InChI is InChI=1S/C20H19ClN4O4S/c1-28-15-7-4-13(5-8-15)19-22-23-20(24(19)12-16-3-2-10-29-16)30-18-9-6-14(25(26)27)11-17(18)21/h4-9,11,16H,2-3,10,12H2,1H3. The van der Waals surface area contributed by atoms with E-state index in [0.717, 1.165) is 30.8 Å². The van der Waals surface area contributed by atoms with E-state index < -0.39 is 4.92 Å². The summed E-state index contributed by atoms with van der Waals surface area (Å²) in [6.45, 7) is 1.36. The van der Waals surface area contributed by atoms with Crippen molar-refractivity contribution < 1.29 is 14.4 Å². The Morgan fingerprint density at radius 2 is 2.10 bits per heavy atom. The molecule has 0 amide bonds. The zero-order valence-electron chi connectivity index (χ0n) is 16.2. The topological polar surface area (TPSA) is 92.3 Å². The number of ether oxygens (including phenoxy) is 2. The Balaban J connectivity index is 1.68. The first-order chi connectivity index (χ1) is 14.5. The molecule has 30 heavy (non-hydrogen) atoms. The molecule has 2 heterocycles. The molecule has 0 bridgehead atoms. The van der Waals surface area contributed by atoms with Crippen molar-refractivity contribution in [3.05, 3.63) is 57.6 Å². The third-order valence-corrected chi connectivity index (χ3v) is 6.29. The molecule has 1 aliphatic heterocycles. The lowest BCUT2D eigenvalue weighted by atomic mass is 10.2. The van der Waals surface area contributed by atoms with E-state index in [1.165, 1.54) is 23.9 Å². The predicted octanol–water partition coefficient (Wildman–Crippen LogP) is 4.85.